The van der Waals surface area contributed by atoms with Crippen molar-refractivity contribution in [1.82, 2.24) is 5.32 Å². The van der Waals surface area contributed by atoms with Crippen LogP contribution in [0, 0.1) is 5.92 Å². The molecule has 0 aliphatic heterocycles. The quantitative estimate of drug-likeness (QED) is 0.829. The van der Waals surface area contributed by atoms with E-state index in [1.807, 2.05) is 0 Å². The van der Waals surface area contributed by atoms with Gasteiger partial charge in [-0.1, -0.05) is 19.8 Å². The van der Waals surface area contributed by atoms with Gasteiger partial charge in [0.25, 0.3) is 0 Å². The Morgan fingerprint density at radius 3 is 2.88 bits per heavy atom. The van der Waals surface area contributed by atoms with Gasteiger partial charge in [-0.15, -0.1) is 11.3 Å². The Labute approximate surface area is 109 Å². The minimum atomic E-state index is 0.642. The zero-order valence-corrected chi connectivity index (χ0v) is 11.6. The summed E-state index contributed by atoms with van der Waals surface area (Å²) in [5, 5.41) is 3.69. The lowest BCUT2D eigenvalue weighted by Crippen LogP contribution is -2.20. The van der Waals surface area contributed by atoms with Crippen molar-refractivity contribution >= 4 is 11.3 Å². The zero-order valence-electron chi connectivity index (χ0n) is 10.8. The van der Waals surface area contributed by atoms with E-state index in [-0.39, 0.29) is 0 Å². The van der Waals surface area contributed by atoms with Crippen molar-refractivity contribution in [1.29, 1.82) is 0 Å². The number of hydrogen-bond acceptors (Lipinski definition) is 2. The predicted octanol–water partition coefficient (Wildman–Crippen LogP) is 4.08. The van der Waals surface area contributed by atoms with Gasteiger partial charge in [-0.3, -0.25) is 0 Å². The Hall–Kier alpha value is -0.340. The molecule has 1 aromatic rings. The molecule has 17 heavy (non-hydrogen) atoms. The molecule has 3 rings (SSSR count). The van der Waals surface area contributed by atoms with Crippen molar-refractivity contribution in [2.45, 2.75) is 57.9 Å². The number of nitrogens with one attached hydrogen (secondary N) is 1. The van der Waals surface area contributed by atoms with Gasteiger partial charge in [0.1, 0.15) is 0 Å². The highest BCUT2D eigenvalue weighted by molar-refractivity contribution is 7.12. The summed E-state index contributed by atoms with van der Waals surface area (Å²) in [6.07, 6.45) is 9.77. The molecule has 0 saturated heterocycles. The highest BCUT2D eigenvalue weighted by Gasteiger charge is 2.27. The van der Waals surface area contributed by atoms with Crippen molar-refractivity contribution < 1.29 is 0 Å². The number of aryl methyl sites for hydroxylation is 2. The van der Waals surface area contributed by atoms with E-state index < -0.39 is 0 Å². The number of thiophene rings is 1. The largest absolute Gasteiger partial charge is 0.310 e. The van der Waals surface area contributed by atoms with E-state index >= 15 is 0 Å². The van der Waals surface area contributed by atoms with E-state index in [2.05, 4.69) is 29.6 Å². The van der Waals surface area contributed by atoms with Gasteiger partial charge in [-0.25, -0.2) is 0 Å². The van der Waals surface area contributed by atoms with Gasteiger partial charge in [-0.05, 0) is 56.2 Å². The second-order valence-corrected chi connectivity index (χ2v) is 6.76. The lowest BCUT2D eigenvalue weighted by Gasteiger charge is -2.15. The molecule has 2 heteroatoms. The van der Waals surface area contributed by atoms with Crippen molar-refractivity contribution in [2.24, 2.45) is 5.92 Å². The van der Waals surface area contributed by atoms with Gasteiger partial charge in [-0.2, -0.15) is 0 Å². The maximum atomic E-state index is 3.69. The van der Waals surface area contributed by atoms with Crippen LogP contribution in [0.2, 0.25) is 0 Å². The molecular formula is C15H23NS. The second-order valence-electron chi connectivity index (χ2n) is 5.59. The zero-order chi connectivity index (χ0) is 11.7. The molecule has 2 aliphatic rings. The first-order chi connectivity index (χ1) is 8.36. The monoisotopic (exact) mass is 249 g/mol. The van der Waals surface area contributed by atoms with Crippen LogP contribution in [0.15, 0.2) is 6.07 Å². The van der Waals surface area contributed by atoms with Crippen molar-refractivity contribution in [3.63, 3.8) is 0 Å². The highest BCUT2D eigenvalue weighted by atomic mass is 32.1. The first-order valence-corrected chi connectivity index (χ1v) is 8.03. The van der Waals surface area contributed by atoms with Crippen LogP contribution >= 0.6 is 11.3 Å². The van der Waals surface area contributed by atoms with E-state index in [0.29, 0.717) is 6.04 Å². The summed E-state index contributed by atoms with van der Waals surface area (Å²) < 4.78 is 0. The van der Waals surface area contributed by atoms with Crippen LogP contribution in [-0.2, 0) is 12.8 Å². The lowest BCUT2D eigenvalue weighted by atomic mass is 9.98. The molecule has 0 aromatic carbocycles. The number of hydrogen-bond donors (Lipinski definition) is 1. The fourth-order valence-corrected chi connectivity index (χ4v) is 4.26. The molecule has 0 radical (unpaired) electrons. The van der Waals surface area contributed by atoms with Crippen LogP contribution < -0.4 is 5.32 Å². The van der Waals surface area contributed by atoms with E-state index in [9.17, 15) is 0 Å². The normalized spacial score (nSPS) is 21.2. The van der Waals surface area contributed by atoms with Crippen molar-refractivity contribution in [3.05, 3.63) is 21.4 Å². The van der Waals surface area contributed by atoms with Gasteiger partial charge in [0.15, 0.2) is 0 Å². The Balaban J connectivity index is 1.76. The fraction of sp³-hybridized carbons (Fsp3) is 0.733. The molecule has 1 nitrogen and oxygen atoms in total. The Kier molecular flexibility index (Phi) is 3.53. The molecule has 1 unspecified atom stereocenters. The Morgan fingerprint density at radius 1 is 1.35 bits per heavy atom. The molecule has 0 amide bonds. The molecule has 1 aromatic heterocycles. The Morgan fingerprint density at radius 2 is 2.18 bits per heavy atom. The molecule has 0 spiro atoms. The van der Waals surface area contributed by atoms with Gasteiger partial charge in [0, 0.05) is 15.8 Å². The molecule has 2 aliphatic carbocycles. The average Bonchev–Trinajstić information content (AvgIpc) is 3.05. The predicted molar refractivity (Wildman–Crippen MR) is 74.7 cm³/mol. The van der Waals surface area contributed by atoms with Crippen molar-refractivity contribution in [2.75, 3.05) is 6.54 Å². The van der Waals surface area contributed by atoms with Crippen LogP contribution in [0.1, 0.15) is 60.4 Å². The minimum absolute atomic E-state index is 0.642. The summed E-state index contributed by atoms with van der Waals surface area (Å²) in [5.41, 5.74) is 1.66. The first kappa shape index (κ1) is 11.7. The van der Waals surface area contributed by atoms with Crippen molar-refractivity contribution in [3.8, 4) is 0 Å². The lowest BCUT2D eigenvalue weighted by molar-refractivity contribution is 0.493. The maximum absolute atomic E-state index is 3.69. The molecular weight excluding hydrogens is 226 g/mol. The van der Waals surface area contributed by atoms with E-state index in [0.717, 1.165) is 12.5 Å². The van der Waals surface area contributed by atoms with Crippen LogP contribution in [0.3, 0.4) is 0 Å². The van der Waals surface area contributed by atoms with Gasteiger partial charge < -0.3 is 5.32 Å². The van der Waals surface area contributed by atoms with Crippen LogP contribution in [-0.4, -0.2) is 6.54 Å². The molecule has 1 heterocycles. The molecule has 0 bridgehead atoms. The topological polar surface area (TPSA) is 12.0 Å². The van der Waals surface area contributed by atoms with E-state index in [1.165, 1.54) is 44.9 Å². The molecule has 1 saturated carbocycles. The summed E-state index contributed by atoms with van der Waals surface area (Å²) in [6.45, 7) is 3.33. The average molecular weight is 249 g/mol. The maximum Gasteiger partial charge on any atom is 0.0417 e. The van der Waals surface area contributed by atoms with E-state index in [4.69, 9.17) is 0 Å². The van der Waals surface area contributed by atoms with Gasteiger partial charge in [0.05, 0.1) is 0 Å². The third-order valence-corrected chi connectivity index (χ3v) is 5.43. The third-order valence-electron chi connectivity index (χ3n) is 4.08. The molecule has 1 fully saturated rings. The van der Waals surface area contributed by atoms with Crippen LogP contribution in [0.4, 0.5) is 0 Å². The van der Waals surface area contributed by atoms with Gasteiger partial charge >= 0.3 is 0 Å². The van der Waals surface area contributed by atoms with Crippen LogP contribution in [0.5, 0.6) is 0 Å². The SMILES string of the molecule is CCNC(CC1CC1)c1cc2c(s1)CCCC2. The second kappa shape index (κ2) is 5.11. The summed E-state index contributed by atoms with van der Waals surface area (Å²) in [5.74, 6) is 1.01. The summed E-state index contributed by atoms with van der Waals surface area (Å²) in [6, 6.07) is 3.15. The highest BCUT2D eigenvalue weighted by Crippen LogP contribution is 2.40. The minimum Gasteiger partial charge on any atom is -0.310 e. The summed E-state index contributed by atoms with van der Waals surface area (Å²) in [7, 11) is 0. The standard InChI is InChI=1S/C15H23NS/c1-2-16-13(9-11-7-8-11)15-10-12-5-3-4-6-14(12)17-15/h10-11,13,16H,2-9H2,1H3. The fourth-order valence-electron chi connectivity index (χ4n) is 2.92. The van der Waals surface area contributed by atoms with Gasteiger partial charge in [0.2, 0.25) is 0 Å². The smallest absolute Gasteiger partial charge is 0.0417 e. The summed E-state index contributed by atoms with van der Waals surface area (Å²) in [4.78, 5) is 3.30. The molecule has 94 valence electrons. The number of fused-ring (bicyclic) bond motifs is 1. The summed E-state index contributed by atoms with van der Waals surface area (Å²) >= 11 is 2.09. The molecule has 1 N–H and O–H groups in total. The van der Waals surface area contributed by atoms with E-state index in [1.54, 1.807) is 15.3 Å². The van der Waals surface area contributed by atoms with Crippen LogP contribution in [0.25, 0.3) is 0 Å². The Bertz CT molecular complexity index is 355. The first-order valence-electron chi connectivity index (χ1n) is 7.21. The third kappa shape index (κ3) is 2.74. The molecule has 1 atom stereocenters. The number of rotatable bonds is 5.